The number of nitrogens with two attached hydrogens (primary N) is 1. The van der Waals surface area contributed by atoms with Crippen LogP contribution in [0.4, 0.5) is 5.69 Å². The summed E-state index contributed by atoms with van der Waals surface area (Å²) in [6.45, 7) is 0. The Kier molecular flexibility index (Phi) is 1.94. The van der Waals surface area contributed by atoms with E-state index >= 15 is 0 Å². The highest BCUT2D eigenvalue weighted by Crippen LogP contribution is 2.32. The van der Waals surface area contributed by atoms with Crippen molar-refractivity contribution in [2.45, 2.75) is 0 Å². The van der Waals surface area contributed by atoms with Crippen LogP contribution < -0.4 is 5.73 Å². The van der Waals surface area contributed by atoms with Crippen LogP contribution in [0.2, 0.25) is 0 Å². The Balaban J connectivity index is 2.57. The molecule has 0 unspecified atom stereocenters. The van der Waals surface area contributed by atoms with Gasteiger partial charge in [0.05, 0.1) is 0 Å². The van der Waals surface area contributed by atoms with Crippen molar-refractivity contribution >= 4 is 17.0 Å². The maximum absolute atomic E-state index is 9.29. The number of benzene rings is 1. The van der Waals surface area contributed by atoms with Gasteiger partial charge in [-0.25, -0.2) is 0 Å². The first-order valence-corrected chi connectivity index (χ1v) is 4.78. The Bertz CT molecular complexity index is 409. The topological polar surface area (TPSA) is 46.2 Å². The standard InChI is InChI=1S/C10H9NOS/c11-9-4-3-7(12)6-8(9)10-2-1-5-13-10/h1-6,12H,11H2. The fraction of sp³-hybridized carbons (Fsp3) is 0. The van der Waals surface area contributed by atoms with Gasteiger partial charge in [0.1, 0.15) is 5.75 Å². The summed E-state index contributed by atoms with van der Waals surface area (Å²) in [4.78, 5) is 1.08. The molecule has 0 radical (unpaired) electrons. The number of nitrogen functional groups attached to an aromatic ring is 1. The van der Waals surface area contributed by atoms with E-state index in [1.807, 2.05) is 17.5 Å². The van der Waals surface area contributed by atoms with Crippen molar-refractivity contribution in [3.63, 3.8) is 0 Å². The SMILES string of the molecule is Nc1ccc(O)cc1-c1cccs1. The molecule has 0 saturated heterocycles. The van der Waals surface area contributed by atoms with Gasteiger partial charge in [0.15, 0.2) is 0 Å². The molecule has 1 aromatic carbocycles. The van der Waals surface area contributed by atoms with Gasteiger partial charge in [-0.3, -0.25) is 0 Å². The first-order chi connectivity index (χ1) is 6.27. The molecule has 1 heterocycles. The van der Waals surface area contributed by atoms with Gasteiger partial charge in [0.25, 0.3) is 0 Å². The lowest BCUT2D eigenvalue weighted by atomic mass is 10.1. The largest absolute Gasteiger partial charge is 0.508 e. The van der Waals surface area contributed by atoms with Crippen LogP contribution in [0.1, 0.15) is 0 Å². The van der Waals surface area contributed by atoms with Gasteiger partial charge >= 0.3 is 0 Å². The van der Waals surface area contributed by atoms with Crippen molar-refractivity contribution in [1.82, 2.24) is 0 Å². The van der Waals surface area contributed by atoms with Crippen molar-refractivity contribution in [3.8, 4) is 16.2 Å². The van der Waals surface area contributed by atoms with Crippen LogP contribution in [0.15, 0.2) is 35.7 Å². The monoisotopic (exact) mass is 191 g/mol. The van der Waals surface area contributed by atoms with Crippen LogP contribution >= 0.6 is 11.3 Å². The Morgan fingerprint density at radius 3 is 2.77 bits per heavy atom. The zero-order chi connectivity index (χ0) is 9.26. The molecule has 0 aliphatic carbocycles. The Morgan fingerprint density at radius 2 is 2.08 bits per heavy atom. The molecule has 0 atom stereocenters. The fourth-order valence-electron chi connectivity index (χ4n) is 1.19. The van der Waals surface area contributed by atoms with E-state index in [2.05, 4.69) is 0 Å². The lowest BCUT2D eigenvalue weighted by Crippen LogP contribution is -1.87. The minimum absolute atomic E-state index is 0.248. The van der Waals surface area contributed by atoms with Crippen LogP contribution in [-0.4, -0.2) is 5.11 Å². The minimum atomic E-state index is 0.248. The molecule has 0 amide bonds. The van der Waals surface area contributed by atoms with Crippen molar-refractivity contribution in [3.05, 3.63) is 35.7 Å². The van der Waals surface area contributed by atoms with Crippen LogP contribution in [-0.2, 0) is 0 Å². The third-order valence-electron chi connectivity index (χ3n) is 1.82. The molecule has 66 valence electrons. The van der Waals surface area contributed by atoms with E-state index in [1.165, 1.54) is 0 Å². The van der Waals surface area contributed by atoms with Crippen LogP contribution in [0, 0.1) is 0 Å². The maximum atomic E-state index is 9.29. The molecule has 0 fully saturated rings. The molecule has 13 heavy (non-hydrogen) atoms. The number of anilines is 1. The minimum Gasteiger partial charge on any atom is -0.508 e. The van der Waals surface area contributed by atoms with Gasteiger partial charge in [0.2, 0.25) is 0 Å². The summed E-state index contributed by atoms with van der Waals surface area (Å²) in [5.74, 6) is 0.248. The predicted molar refractivity (Wildman–Crippen MR) is 55.8 cm³/mol. The van der Waals surface area contributed by atoms with Gasteiger partial charge in [-0.05, 0) is 29.6 Å². The lowest BCUT2D eigenvalue weighted by molar-refractivity contribution is 0.475. The van der Waals surface area contributed by atoms with E-state index in [1.54, 1.807) is 29.5 Å². The van der Waals surface area contributed by atoms with Gasteiger partial charge in [-0.2, -0.15) is 0 Å². The van der Waals surface area contributed by atoms with E-state index in [0.717, 1.165) is 10.4 Å². The highest BCUT2D eigenvalue weighted by molar-refractivity contribution is 7.13. The molecule has 0 spiro atoms. The predicted octanol–water partition coefficient (Wildman–Crippen LogP) is 2.70. The molecule has 3 N–H and O–H groups in total. The van der Waals surface area contributed by atoms with Gasteiger partial charge < -0.3 is 10.8 Å². The van der Waals surface area contributed by atoms with Crippen molar-refractivity contribution < 1.29 is 5.11 Å². The highest BCUT2D eigenvalue weighted by atomic mass is 32.1. The second-order valence-electron chi connectivity index (χ2n) is 2.75. The Morgan fingerprint density at radius 1 is 1.23 bits per heavy atom. The van der Waals surface area contributed by atoms with Gasteiger partial charge in [-0.15, -0.1) is 11.3 Å². The van der Waals surface area contributed by atoms with E-state index in [0.29, 0.717) is 5.69 Å². The molecule has 3 heteroatoms. The van der Waals surface area contributed by atoms with E-state index < -0.39 is 0 Å². The van der Waals surface area contributed by atoms with Crippen LogP contribution in [0.3, 0.4) is 0 Å². The molecule has 2 aromatic rings. The number of thiophene rings is 1. The molecule has 0 saturated carbocycles. The first kappa shape index (κ1) is 8.13. The summed E-state index contributed by atoms with van der Waals surface area (Å²) in [5, 5.41) is 11.3. The third-order valence-corrected chi connectivity index (χ3v) is 2.73. The number of hydrogen-bond acceptors (Lipinski definition) is 3. The van der Waals surface area contributed by atoms with Crippen molar-refractivity contribution in [1.29, 1.82) is 0 Å². The fourth-order valence-corrected chi connectivity index (χ4v) is 1.95. The normalized spacial score (nSPS) is 10.2. The number of phenols is 1. The summed E-state index contributed by atoms with van der Waals surface area (Å²) >= 11 is 1.61. The number of aromatic hydroxyl groups is 1. The third kappa shape index (κ3) is 1.51. The summed E-state index contributed by atoms with van der Waals surface area (Å²) in [6, 6.07) is 8.93. The van der Waals surface area contributed by atoms with E-state index in [4.69, 9.17) is 5.73 Å². The average molecular weight is 191 g/mol. The first-order valence-electron chi connectivity index (χ1n) is 3.90. The average Bonchev–Trinajstić information content (AvgIpc) is 2.61. The number of hydrogen-bond donors (Lipinski definition) is 2. The summed E-state index contributed by atoms with van der Waals surface area (Å²) in [7, 11) is 0. The Hall–Kier alpha value is -1.48. The van der Waals surface area contributed by atoms with Crippen LogP contribution in [0.25, 0.3) is 10.4 Å². The van der Waals surface area contributed by atoms with E-state index in [-0.39, 0.29) is 5.75 Å². The van der Waals surface area contributed by atoms with Crippen molar-refractivity contribution in [2.75, 3.05) is 5.73 Å². The molecular weight excluding hydrogens is 182 g/mol. The second kappa shape index (κ2) is 3.11. The maximum Gasteiger partial charge on any atom is 0.116 e. The smallest absolute Gasteiger partial charge is 0.116 e. The molecule has 2 nitrogen and oxygen atoms in total. The van der Waals surface area contributed by atoms with E-state index in [9.17, 15) is 5.11 Å². The molecule has 2 rings (SSSR count). The summed E-state index contributed by atoms with van der Waals surface area (Å²) in [6.07, 6.45) is 0. The highest BCUT2D eigenvalue weighted by Gasteiger charge is 2.03. The number of phenolic OH excluding ortho intramolecular Hbond substituents is 1. The zero-order valence-corrected chi connectivity index (χ0v) is 7.71. The van der Waals surface area contributed by atoms with Crippen molar-refractivity contribution in [2.24, 2.45) is 0 Å². The zero-order valence-electron chi connectivity index (χ0n) is 6.90. The molecule has 0 bridgehead atoms. The van der Waals surface area contributed by atoms with Gasteiger partial charge in [-0.1, -0.05) is 6.07 Å². The Labute approximate surface area is 80.3 Å². The molecular formula is C10H9NOS. The molecule has 0 aliphatic rings. The second-order valence-corrected chi connectivity index (χ2v) is 3.70. The lowest BCUT2D eigenvalue weighted by Gasteiger charge is -2.02. The quantitative estimate of drug-likeness (QED) is 0.537. The van der Waals surface area contributed by atoms with Gasteiger partial charge in [0, 0.05) is 16.1 Å². The van der Waals surface area contributed by atoms with Crippen LogP contribution in [0.5, 0.6) is 5.75 Å². The molecule has 0 aliphatic heterocycles. The molecule has 1 aromatic heterocycles. The summed E-state index contributed by atoms with van der Waals surface area (Å²) in [5.41, 5.74) is 7.37. The number of rotatable bonds is 1. The summed E-state index contributed by atoms with van der Waals surface area (Å²) < 4.78 is 0.